The van der Waals surface area contributed by atoms with Crippen LogP contribution in [0.5, 0.6) is 0 Å². The molecular weight excluding hydrogens is 272 g/mol. The molecule has 0 atom stereocenters. The van der Waals surface area contributed by atoms with Crippen LogP contribution in [0.15, 0.2) is 23.2 Å². The van der Waals surface area contributed by atoms with Gasteiger partial charge in [-0.2, -0.15) is 0 Å². The Balaban J connectivity index is -0.000000143. The zero-order chi connectivity index (χ0) is 9.98. The smallest absolute Gasteiger partial charge is 0.329 e. The van der Waals surface area contributed by atoms with Crippen LogP contribution in [0, 0.1) is 0 Å². The van der Waals surface area contributed by atoms with Crippen LogP contribution in [0.3, 0.4) is 0 Å². The fourth-order valence-corrected chi connectivity index (χ4v) is 0.323. The summed E-state index contributed by atoms with van der Waals surface area (Å²) in [5, 5.41) is 15.5. The van der Waals surface area contributed by atoms with E-state index in [0.29, 0.717) is 0 Å². The van der Waals surface area contributed by atoms with Crippen LogP contribution >= 0.6 is 23.2 Å². The normalized spacial score (nSPS) is 8.77. The van der Waals surface area contributed by atoms with Gasteiger partial charge < -0.3 is 10.2 Å². The van der Waals surface area contributed by atoms with Crippen molar-refractivity contribution >= 4 is 35.1 Å². The minimum Gasteiger partial charge on any atom is -0.478 e. The molecular formula is C6H6Cl2O4Zn. The first-order chi connectivity index (χ1) is 5.54. The van der Waals surface area contributed by atoms with Crippen molar-refractivity contribution in [3.05, 3.63) is 23.2 Å². The van der Waals surface area contributed by atoms with E-state index in [1.165, 1.54) is 0 Å². The average Bonchev–Trinajstić information content (AvgIpc) is 1.87. The minimum atomic E-state index is -1.02. The third-order valence-electron chi connectivity index (χ3n) is 0.411. The molecule has 13 heavy (non-hydrogen) atoms. The second kappa shape index (κ2) is 14.2. The van der Waals surface area contributed by atoms with Crippen LogP contribution in [0.4, 0.5) is 0 Å². The summed E-state index contributed by atoms with van der Waals surface area (Å²) >= 11 is 9.67. The number of carbonyl (C=O) groups is 2. The fraction of sp³-hybridized carbons (Fsp3) is 0. The maximum Gasteiger partial charge on any atom is 0.329 e. The summed E-state index contributed by atoms with van der Waals surface area (Å²) in [6.07, 6.45) is 1.70. The molecule has 0 rings (SSSR count). The molecule has 4 nitrogen and oxygen atoms in total. The predicted molar refractivity (Wildman–Crippen MR) is 45.3 cm³/mol. The van der Waals surface area contributed by atoms with Crippen molar-refractivity contribution in [1.29, 1.82) is 0 Å². The largest absolute Gasteiger partial charge is 0.478 e. The topological polar surface area (TPSA) is 74.6 Å². The van der Waals surface area contributed by atoms with Gasteiger partial charge >= 0.3 is 11.9 Å². The standard InChI is InChI=1S/2C3H3ClO2.Zn/c2*4-2-1-3(5)6;/h2*1-2H,(H,5,6);. The Labute approximate surface area is 97.6 Å². The molecule has 0 aromatic carbocycles. The van der Waals surface area contributed by atoms with Crippen LogP contribution < -0.4 is 0 Å². The maximum atomic E-state index is 9.43. The summed E-state index contributed by atoms with van der Waals surface area (Å²) in [5.74, 6) is -2.05. The molecule has 0 heterocycles. The molecule has 0 fully saturated rings. The zero-order valence-electron chi connectivity index (χ0n) is 6.48. The molecule has 70 valence electrons. The molecule has 0 aromatic heterocycles. The van der Waals surface area contributed by atoms with Crippen molar-refractivity contribution in [2.45, 2.75) is 0 Å². The second-order valence-electron chi connectivity index (χ2n) is 1.26. The maximum absolute atomic E-state index is 9.43. The monoisotopic (exact) mass is 276 g/mol. The van der Waals surface area contributed by atoms with E-state index in [2.05, 4.69) is 0 Å². The third kappa shape index (κ3) is 34.0. The first-order valence-corrected chi connectivity index (χ1v) is 3.41. The number of hydrogen-bond donors (Lipinski definition) is 2. The Morgan fingerprint density at radius 1 is 0.923 bits per heavy atom. The first-order valence-electron chi connectivity index (χ1n) is 2.54. The number of carboxylic acids is 2. The van der Waals surface area contributed by atoms with Crippen LogP contribution in [-0.2, 0) is 29.1 Å². The zero-order valence-corrected chi connectivity index (χ0v) is 11.0. The second-order valence-corrected chi connectivity index (χ2v) is 1.77. The number of halogens is 2. The van der Waals surface area contributed by atoms with Gasteiger partial charge in [-0.1, -0.05) is 23.2 Å². The van der Waals surface area contributed by atoms with E-state index in [1.807, 2.05) is 0 Å². The third-order valence-corrected chi connectivity index (χ3v) is 0.663. The van der Waals surface area contributed by atoms with Gasteiger partial charge in [-0.15, -0.1) is 0 Å². The summed E-state index contributed by atoms with van der Waals surface area (Å²) in [4.78, 5) is 18.9. The van der Waals surface area contributed by atoms with Crippen molar-refractivity contribution in [3.8, 4) is 0 Å². The summed E-state index contributed by atoms with van der Waals surface area (Å²) in [5.41, 5.74) is 1.89. The number of aliphatic carboxylic acids is 2. The Bertz CT molecular complexity index is 181. The minimum absolute atomic E-state index is 0. The number of rotatable bonds is 2. The van der Waals surface area contributed by atoms with Crippen molar-refractivity contribution < 1.29 is 39.3 Å². The van der Waals surface area contributed by atoms with Gasteiger partial charge in [0.1, 0.15) is 0 Å². The predicted octanol–water partition coefficient (Wildman–Crippen LogP) is 1.64. The van der Waals surface area contributed by atoms with E-state index in [4.69, 9.17) is 33.4 Å². The van der Waals surface area contributed by atoms with E-state index in [1.54, 1.807) is 0 Å². The van der Waals surface area contributed by atoms with Gasteiger partial charge in [-0.25, -0.2) is 9.59 Å². The van der Waals surface area contributed by atoms with Gasteiger partial charge in [0.05, 0.1) is 0 Å². The SMILES string of the molecule is O=C(O)C=CCl.O=C(O)C=CCl.[Zn]. The molecule has 0 unspecified atom stereocenters. The fourth-order valence-electron chi connectivity index (χ4n) is 0.108. The Hall–Kier alpha value is -0.377. The molecule has 0 aliphatic rings. The Kier molecular flexibility index (Phi) is 20.1. The van der Waals surface area contributed by atoms with Crippen molar-refractivity contribution in [3.63, 3.8) is 0 Å². The first kappa shape index (κ1) is 18.4. The van der Waals surface area contributed by atoms with Crippen LogP contribution in [0.1, 0.15) is 0 Å². The summed E-state index contributed by atoms with van der Waals surface area (Å²) in [6, 6.07) is 0. The van der Waals surface area contributed by atoms with E-state index in [9.17, 15) is 9.59 Å². The summed E-state index contributed by atoms with van der Waals surface area (Å²) < 4.78 is 0. The van der Waals surface area contributed by atoms with E-state index < -0.39 is 11.9 Å². The molecule has 0 bridgehead atoms. The summed E-state index contributed by atoms with van der Waals surface area (Å²) in [6.45, 7) is 0. The number of hydrogen-bond acceptors (Lipinski definition) is 2. The quantitative estimate of drug-likeness (QED) is 0.595. The van der Waals surface area contributed by atoms with E-state index in [0.717, 1.165) is 23.2 Å². The van der Waals surface area contributed by atoms with E-state index >= 15 is 0 Å². The van der Waals surface area contributed by atoms with Gasteiger partial charge in [-0.05, 0) is 0 Å². The molecule has 0 saturated heterocycles. The molecule has 7 heteroatoms. The van der Waals surface area contributed by atoms with Crippen molar-refractivity contribution in [2.24, 2.45) is 0 Å². The number of carboxylic acid groups (broad SMARTS) is 2. The molecule has 0 aromatic rings. The van der Waals surface area contributed by atoms with Crippen LogP contribution in [0.2, 0.25) is 0 Å². The Morgan fingerprint density at radius 2 is 1.15 bits per heavy atom. The molecule has 0 spiro atoms. The molecule has 0 amide bonds. The van der Waals surface area contributed by atoms with Gasteiger partial charge in [0.15, 0.2) is 0 Å². The molecule has 2 N–H and O–H groups in total. The van der Waals surface area contributed by atoms with Gasteiger partial charge in [0.25, 0.3) is 0 Å². The van der Waals surface area contributed by atoms with Gasteiger partial charge in [0, 0.05) is 42.7 Å². The average molecular weight is 278 g/mol. The van der Waals surface area contributed by atoms with Crippen molar-refractivity contribution in [1.82, 2.24) is 0 Å². The van der Waals surface area contributed by atoms with E-state index in [-0.39, 0.29) is 19.5 Å². The molecule has 0 saturated carbocycles. The Morgan fingerprint density at radius 3 is 1.15 bits per heavy atom. The molecule has 0 radical (unpaired) electrons. The summed E-state index contributed by atoms with van der Waals surface area (Å²) in [7, 11) is 0. The van der Waals surface area contributed by atoms with Crippen molar-refractivity contribution in [2.75, 3.05) is 0 Å². The van der Waals surface area contributed by atoms with Crippen LogP contribution in [0.25, 0.3) is 0 Å². The van der Waals surface area contributed by atoms with Gasteiger partial charge in [0.2, 0.25) is 0 Å². The molecule has 0 aliphatic carbocycles. The van der Waals surface area contributed by atoms with Gasteiger partial charge in [-0.3, -0.25) is 0 Å². The van der Waals surface area contributed by atoms with Crippen LogP contribution in [-0.4, -0.2) is 22.2 Å². The molecule has 0 aliphatic heterocycles.